The molecule has 1 N–H and O–H groups in total. The summed E-state index contributed by atoms with van der Waals surface area (Å²) in [4.78, 5) is 12.1. The first kappa shape index (κ1) is 16.3. The Morgan fingerprint density at radius 2 is 1.62 bits per heavy atom. The van der Waals surface area contributed by atoms with Gasteiger partial charge in [-0.3, -0.25) is 4.79 Å². The van der Waals surface area contributed by atoms with Crippen molar-refractivity contribution in [3.05, 3.63) is 29.6 Å². The van der Waals surface area contributed by atoms with Crippen LogP contribution in [0.4, 0.5) is 18.9 Å². The van der Waals surface area contributed by atoms with Crippen molar-refractivity contribution >= 4 is 23.4 Å². The lowest BCUT2D eigenvalue weighted by Gasteiger charge is -2.56. The van der Waals surface area contributed by atoms with Crippen LogP contribution in [0.1, 0.15) is 38.5 Å². The van der Waals surface area contributed by atoms with E-state index in [1.807, 2.05) is 0 Å². The Morgan fingerprint density at radius 3 is 2.21 bits per heavy atom. The summed E-state index contributed by atoms with van der Waals surface area (Å²) in [6.07, 6.45) is 7.55. The average molecular weight is 355 g/mol. The van der Waals surface area contributed by atoms with Crippen LogP contribution in [0.15, 0.2) is 12.1 Å². The minimum absolute atomic E-state index is 0.193. The molecule has 4 saturated carbocycles. The summed E-state index contributed by atoms with van der Waals surface area (Å²) in [6, 6.07) is 1.88. The number of carbonyl (C=O) groups excluding carboxylic acids is 1. The molecule has 6 heteroatoms. The molecule has 0 spiro atoms. The van der Waals surface area contributed by atoms with Crippen molar-refractivity contribution in [2.24, 2.45) is 17.8 Å². The van der Waals surface area contributed by atoms with Crippen LogP contribution >= 0.6 is 11.8 Å². The van der Waals surface area contributed by atoms with Crippen molar-refractivity contribution in [2.45, 2.75) is 43.3 Å². The van der Waals surface area contributed by atoms with Gasteiger partial charge in [-0.2, -0.15) is 0 Å². The lowest BCUT2D eigenvalue weighted by atomic mass is 9.56. The number of hydrogen-bond donors (Lipinski definition) is 1. The van der Waals surface area contributed by atoms with Gasteiger partial charge in [0, 0.05) is 4.75 Å². The van der Waals surface area contributed by atoms with Crippen LogP contribution in [0.5, 0.6) is 0 Å². The van der Waals surface area contributed by atoms with Crippen LogP contribution in [0.25, 0.3) is 0 Å². The summed E-state index contributed by atoms with van der Waals surface area (Å²) in [7, 11) is 0. The maximum Gasteiger partial charge on any atom is 0.234 e. The van der Waals surface area contributed by atoms with Gasteiger partial charge in [-0.1, -0.05) is 0 Å². The third-order valence-corrected chi connectivity index (χ3v) is 7.32. The number of benzene rings is 1. The highest BCUT2D eigenvalue weighted by molar-refractivity contribution is 8.01. The van der Waals surface area contributed by atoms with E-state index < -0.39 is 17.5 Å². The van der Waals surface area contributed by atoms with E-state index in [2.05, 4.69) is 5.32 Å². The Balaban J connectivity index is 1.38. The predicted octanol–water partition coefficient (Wildman–Crippen LogP) is 4.74. The second-order valence-electron chi connectivity index (χ2n) is 7.66. The monoisotopic (exact) mass is 355 g/mol. The fourth-order valence-corrected chi connectivity index (χ4v) is 6.81. The second kappa shape index (κ2) is 5.97. The van der Waals surface area contributed by atoms with Crippen LogP contribution < -0.4 is 5.32 Å². The normalized spacial score (nSPS) is 33.7. The van der Waals surface area contributed by atoms with Crippen LogP contribution in [-0.4, -0.2) is 16.4 Å². The van der Waals surface area contributed by atoms with Gasteiger partial charge in [-0.15, -0.1) is 11.8 Å². The van der Waals surface area contributed by atoms with Crippen molar-refractivity contribution < 1.29 is 18.0 Å². The first-order valence-electron chi connectivity index (χ1n) is 8.51. The molecule has 0 unspecified atom stereocenters. The van der Waals surface area contributed by atoms with Gasteiger partial charge in [-0.25, -0.2) is 13.2 Å². The molecule has 0 aliphatic heterocycles. The minimum atomic E-state index is -1.55. The number of thioether (sulfide) groups is 1. The van der Waals surface area contributed by atoms with E-state index in [4.69, 9.17) is 0 Å². The Bertz CT molecular complexity index is 643. The van der Waals surface area contributed by atoms with Crippen molar-refractivity contribution in [2.75, 3.05) is 11.1 Å². The molecule has 0 saturated heterocycles. The molecular weight excluding hydrogens is 335 g/mol. The van der Waals surface area contributed by atoms with Gasteiger partial charge in [0.25, 0.3) is 0 Å². The first-order valence-corrected chi connectivity index (χ1v) is 9.50. The second-order valence-corrected chi connectivity index (χ2v) is 9.10. The zero-order chi connectivity index (χ0) is 16.9. The Kier molecular flexibility index (Phi) is 4.06. The van der Waals surface area contributed by atoms with Crippen molar-refractivity contribution in [3.8, 4) is 0 Å². The summed E-state index contributed by atoms with van der Waals surface area (Å²) in [5.41, 5.74) is -0.301. The Morgan fingerprint density at radius 1 is 1.04 bits per heavy atom. The third kappa shape index (κ3) is 2.93. The molecule has 4 aliphatic rings. The average Bonchev–Trinajstić information content (AvgIpc) is 2.52. The fourth-order valence-electron chi connectivity index (χ4n) is 5.24. The number of amides is 1. The van der Waals surface area contributed by atoms with Crippen LogP contribution in [0, 0.1) is 35.2 Å². The molecule has 0 atom stereocenters. The van der Waals surface area contributed by atoms with E-state index in [0.717, 1.165) is 29.9 Å². The molecule has 5 rings (SSSR count). The number of nitrogens with one attached hydrogen (secondary N) is 1. The highest BCUT2D eigenvalue weighted by atomic mass is 32.2. The zero-order valence-electron chi connectivity index (χ0n) is 13.3. The smallest absolute Gasteiger partial charge is 0.234 e. The number of rotatable bonds is 4. The van der Waals surface area contributed by atoms with Crippen molar-refractivity contribution in [1.29, 1.82) is 0 Å². The van der Waals surface area contributed by atoms with Crippen molar-refractivity contribution in [3.63, 3.8) is 0 Å². The fraction of sp³-hybridized carbons (Fsp3) is 0.611. The molecule has 0 heterocycles. The molecule has 1 aromatic rings. The van der Waals surface area contributed by atoms with E-state index in [1.165, 1.54) is 38.5 Å². The molecule has 4 fully saturated rings. The predicted molar refractivity (Wildman–Crippen MR) is 88.3 cm³/mol. The zero-order valence-corrected chi connectivity index (χ0v) is 14.1. The summed E-state index contributed by atoms with van der Waals surface area (Å²) in [6.45, 7) is 0. The quantitative estimate of drug-likeness (QED) is 0.790. The number of halogens is 3. The maximum absolute atomic E-state index is 13.6. The molecule has 4 aliphatic carbocycles. The molecule has 1 amide bonds. The molecular formula is C18H20F3NOS. The van der Waals surface area contributed by atoms with E-state index >= 15 is 0 Å². The van der Waals surface area contributed by atoms with Gasteiger partial charge in [0.1, 0.15) is 0 Å². The molecule has 130 valence electrons. The summed E-state index contributed by atoms with van der Waals surface area (Å²) >= 11 is 1.67. The van der Waals surface area contributed by atoms with Gasteiger partial charge < -0.3 is 5.32 Å². The molecule has 24 heavy (non-hydrogen) atoms. The maximum atomic E-state index is 13.6. The van der Waals surface area contributed by atoms with E-state index in [-0.39, 0.29) is 22.1 Å². The van der Waals surface area contributed by atoms with Gasteiger partial charge >= 0.3 is 0 Å². The SMILES string of the molecule is O=C(CSC12CC3CC(CC(C3)C1)C2)Nc1ccc(F)c(F)c1F. The third-order valence-electron chi connectivity index (χ3n) is 5.80. The standard InChI is InChI=1S/C18H20F3NOS/c19-13-1-2-14(17(21)16(13)20)22-15(23)9-24-18-6-10-3-11(7-18)5-12(4-10)8-18/h1-2,10-12H,3-9H2,(H,22,23). The van der Waals surface area contributed by atoms with E-state index in [1.54, 1.807) is 11.8 Å². The number of anilines is 1. The number of hydrogen-bond acceptors (Lipinski definition) is 2. The molecule has 0 radical (unpaired) electrons. The number of carbonyl (C=O) groups is 1. The minimum Gasteiger partial charge on any atom is -0.323 e. The van der Waals surface area contributed by atoms with Gasteiger partial charge in [0.15, 0.2) is 17.5 Å². The van der Waals surface area contributed by atoms with Gasteiger partial charge in [-0.05, 0) is 68.4 Å². The lowest BCUT2D eigenvalue weighted by molar-refractivity contribution is -0.113. The molecule has 2 nitrogen and oxygen atoms in total. The van der Waals surface area contributed by atoms with E-state index in [0.29, 0.717) is 0 Å². The van der Waals surface area contributed by atoms with Crippen LogP contribution in [-0.2, 0) is 4.79 Å². The van der Waals surface area contributed by atoms with Gasteiger partial charge in [0.05, 0.1) is 11.4 Å². The highest BCUT2D eigenvalue weighted by Crippen LogP contribution is 2.60. The Labute approximate surface area is 143 Å². The molecule has 0 aromatic heterocycles. The van der Waals surface area contributed by atoms with Crippen LogP contribution in [0.2, 0.25) is 0 Å². The topological polar surface area (TPSA) is 29.1 Å². The summed E-state index contributed by atoms with van der Waals surface area (Å²) in [5, 5.41) is 2.37. The van der Waals surface area contributed by atoms with Crippen molar-refractivity contribution in [1.82, 2.24) is 0 Å². The van der Waals surface area contributed by atoms with Gasteiger partial charge in [0.2, 0.25) is 5.91 Å². The van der Waals surface area contributed by atoms with E-state index in [9.17, 15) is 18.0 Å². The Hall–Kier alpha value is -1.17. The summed E-state index contributed by atoms with van der Waals surface area (Å²) < 4.78 is 40.0. The van der Waals surface area contributed by atoms with Crippen LogP contribution in [0.3, 0.4) is 0 Å². The first-order chi connectivity index (χ1) is 11.4. The molecule has 1 aromatic carbocycles. The lowest BCUT2D eigenvalue weighted by Crippen LogP contribution is -2.49. The highest BCUT2D eigenvalue weighted by Gasteiger charge is 2.51. The summed E-state index contributed by atoms with van der Waals surface area (Å²) in [5.74, 6) is -1.88. The largest absolute Gasteiger partial charge is 0.323 e. The molecule has 4 bridgehead atoms.